The molecule has 1 aliphatic heterocycles. The first-order valence-electron chi connectivity index (χ1n) is 11.3. The van der Waals surface area contributed by atoms with Crippen molar-refractivity contribution in [2.45, 2.75) is 42.7 Å². The molecular formula is C24H27N3O5S2. The predicted octanol–water partition coefficient (Wildman–Crippen LogP) is 3.91. The van der Waals surface area contributed by atoms with Gasteiger partial charge < -0.3 is 9.47 Å². The molecule has 1 aliphatic carbocycles. The standard InChI is InChI=1S/C24H27N3O5S2/c1-26(17-7-8-17)34(29,30)20-10-5-16(6-11-20)23(28)27(15-19-4-3-13-32-19)24-25-21-14-18(31-2)9-12-22(21)33-24/h5-6,9-12,14,17,19H,3-4,7-8,13,15H2,1-2H3. The van der Waals surface area contributed by atoms with Crippen LogP contribution in [0.3, 0.4) is 0 Å². The molecule has 180 valence electrons. The summed E-state index contributed by atoms with van der Waals surface area (Å²) in [5.74, 6) is 0.468. The van der Waals surface area contributed by atoms with Crippen LogP contribution in [0.2, 0.25) is 0 Å². The second-order valence-corrected chi connectivity index (χ2v) is 11.7. The molecule has 1 aromatic heterocycles. The van der Waals surface area contributed by atoms with Crippen LogP contribution in [0, 0.1) is 0 Å². The van der Waals surface area contributed by atoms with Crippen LogP contribution in [0.1, 0.15) is 36.0 Å². The highest BCUT2D eigenvalue weighted by Gasteiger charge is 2.35. The molecule has 0 spiro atoms. The van der Waals surface area contributed by atoms with E-state index in [4.69, 9.17) is 14.5 Å². The number of sulfonamides is 1. The van der Waals surface area contributed by atoms with Gasteiger partial charge in [-0.1, -0.05) is 11.3 Å². The Morgan fingerprint density at radius 2 is 1.94 bits per heavy atom. The molecule has 2 aromatic carbocycles. The number of carbonyl (C=O) groups excluding carboxylic acids is 1. The second-order valence-electron chi connectivity index (χ2n) is 8.66. The summed E-state index contributed by atoms with van der Waals surface area (Å²) in [5, 5.41) is 0.578. The third-order valence-electron chi connectivity index (χ3n) is 6.31. The molecule has 10 heteroatoms. The Bertz CT molecular complexity index is 1300. The first-order chi connectivity index (χ1) is 16.4. The molecule has 1 unspecified atom stereocenters. The minimum absolute atomic E-state index is 0.0580. The summed E-state index contributed by atoms with van der Waals surface area (Å²) in [6.45, 7) is 1.07. The van der Waals surface area contributed by atoms with Crippen LogP contribution in [-0.4, -0.2) is 63.1 Å². The van der Waals surface area contributed by atoms with E-state index >= 15 is 0 Å². The maximum Gasteiger partial charge on any atom is 0.260 e. The highest BCUT2D eigenvalue weighted by atomic mass is 32.2. The number of rotatable bonds is 8. The zero-order chi connectivity index (χ0) is 23.9. The molecule has 2 fully saturated rings. The third kappa shape index (κ3) is 4.55. The number of hydrogen-bond acceptors (Lipinski definition) is 7. The molecule has 0 bridgehead atoms. The van der Waals surface area contributed by atoms with Gasteiger partial charge in [0.25, 0.3) is 5.91 Å². The highest BCUT2D eigenvalue weighted by molar-refractivity contribution is 7.89. The minimum Gasteiger partial charge on any atom is -0.497 e. The lowest BCUT2D eigenvalue weighted by Gasteiger charge is -2.23. The van der Waals surface area contributed by atoms with Gasteiger partial charge in [0, 0.05) is 31.3 Å². The molecular weight excluding hydrogens is 474 g/mol. The second kappa shape index (κ2) is 9.26. The van der Waals surface area contributed by atoms with Gasteiger partial charge in [0.05, 0.1) is 34.9 Å². The Morgan fingerprint density at radius 1 is 1.18 bits per heavy atom. The van der Waals surface area contributed by atoms with Gasteiger partial charge >= 0.3 is 0 Å². The smallest absolute Gasteiger partial charge is 0.260 e. The van der Waals surface area contributed by atoms with E-state index < -0.39 is 10.0 Å². The molecule has 8 nitrogen and oxygen atoms in total. The van der Waals surface area contributed by atoms with Crippen LogP contribution in [-0.2, 0) is 14.8 Å². The molecule has 1 amide bonds. The van der Waals surface area contributed by atoms with Gasteiger partial charge in [0.1, 0.15) is 5.75 Å². The number of carbonyl (C=O) groups is 1. The van der Waals surface area contributed by atoms with E-state index in [1.807, 2.05) is 18.2 Å². The van der Waals surface area contributed by atoms with E-state index in [-0.39, 0.29) is 22.9 Å². The SMILES string of the molecule is COc1ccc2sc(N(CC3CCCO3)C(=O)c3ccc(S(=O)(=O)N(C)C4CC4)cc3)nc2c1. The van der Waals surface area contributed by atoms with Crippen LogP contribution < -0.4 is 9.64 Å². The predicted molar refractivity (Wildman–Crippen MR) is 131 cm³/mol. The van der Waals surface area contributed by atoms with Crippen LogP contribution in [0.25, 0.3) is 10.2 Å². The average molecular weight is 502 g/mol. The number of ether oxygens (including phenoxy) is 2. The van der Waals surface area contributed by atoms with Crippen molar-refractivity contribution in [1.82, 2.24) is 9.29 Å². The largest absolute Gasteiger partial charge is 0.497 e. The summed E-state index contributed by atoms with van der Waals surface area (Å²) < 4.78 is 39.1. The lowest BCUT2D eigenvalue weighted by atomic mass is 10.2. The topological polar surface area (TPSA) is 89.0 Å². The molecule has 1 atom stereocenters. The fraction of sp³-hybridized carbons (Fsp3) is 0.417. The van der Waals surface area contributed by atoms with Crippen LogP contribution in [0.15, 0.2) is 47.4 Å². The quantitative estimate of drug-likeness (QED) is 0.465. The van der Waals surface area contributed by atoms with E-state index in [2.05, 4.69) is 0 Å². The van der Waals surface area contributed by atoms with Gasteiger partial charge in [-0.2, -0.15) is 4.31 Å². The van der Waals surface area contributed by atoms with E-state index in [9.17, 15) is 13.2 Å². The van der Waals surface area contributed by atoms with Crippen molar-refractivity contribution < 1.29 is 22.7 Å². The van der Waals surface area contributed by atoms with E-state index in [0.29, 0.717) is 29.6 Å². The number of fused-ring (bicyclic) bond motifs is 1. The first-order valence-corrected chi connectivity index (χ1v) is 13.6. The van der Waals surface area contributed by atoms with Crippen molar-refractivity contribution in [2.75, 3.05) is 32.2 Å². The Labute approximate surface area is 203 Å². The molecule has 5 rings (SSSR count). The fourth-order valence-electron chi connectivity index (χ4n) is 4.10. The molecule has 1 saturated carbocycles. The molecule has 0 radical (unpaired) electrons. The van der Waals surface area contributed by atoms with Crippen molar-refractivity contribution in [3.8, 4) is 5.75 Å². The zero-order valence-corrected chi connectivity index (χ0v) is 20.8. The number of anilines is 1. The van der Waals surface area contributed by atoms with Gasteiger partial charge in [-0.05, 0) is 62.1 Å². The summed E-state index contributed by atoms with van der Waals surface area (Å²) in [6, 6.07) is 11.9. The Morgan fingerprint density at radius 3 is 2.59 bits per heavy atom. The number of benzene rings is 2. The molecule has 34 heavy (non-hydrogen) atoms. The number of methoxy groups -OCH3 is 1. The Kier molecular flexibility index (Phi) is 6.32. The van der Waals surface area contributed by atoms with Crippen LogP contribution >= 0.6 is 11.3 Å². The van der Waals surface area contributed by atoms with Crippen LogP contribution in [0.4, 0.5) is 5.13 Å². The van der Waals surface area contributed by atoms with Crippen molar-refractivity contribution >= 4 is 42.6 Å². The minimum atomic E-state index is -3.57. The fourth-order valence-corrected chi connectivity index (χ4v) is 6.47. The van der Waals surface area contributed by atoms with Crippen LogP contribution in [0.5, 0.6) is 5.75 Å². The number of thiazole rings is 1. The summed E-state index contributed by atoms with van der Waals surface area (Å²) in [4.78, 5) is 20.1. The van der Waals surface area contributed by atoms with Crippen molar-refractivity contribution in [3.05, 3.63) is 48.0 Å². The summed E-state index contributed by atoms with van der Waals surface area (Å²) >= 11 is 1.43. The molecule has 0 N–H and O–H groups in total. The van der Waals surface area contributed by atoms with Gasteiger partial charge in [0.2, 0.25) is 10.0 Å². The third-order valence-corrected chi connectivity index (χ3v) is 9.29. The normalized spacial score (nSPS) is 18.5. The lowest BCUT2D eigenvalue weighted by Crippen LogP contribution is -2.37. The summed E-state index contributed by atoms with van der Waals surface area (Å²) in [5.41, 5.74) is 1.16. The van der Waals surface area contributed by atoms with Gasteiger partial charge in [0.15, 0.2) is 5.13 Å². The van der Waals surface area contributed by atoms with Gasteiger partial charge in [-0.3, -0.25) is 9.69 Å². The van der Waals surface area contributed by atoms with E-state index in [1.54, 1.807) is 31.2 Å². The van der Waals surface area contributed by atoms with Gasteiger partial charge in [-0.25, -0.2) is 13.4 Å². The maximum atomic E-state index is 13.6. The molecule has 1 saturated heterocycles. The van der Waals surface area contributed by atoms with E-state index in [0.717, 1.165) is 35.9 Å². The van der Waals surface area contributed by atoms with E-state index in [1.165, 1.54) is 27.8 Å². The van der Waals surface area contributed by atoms with Crippen molar-refractivity contribution in [2.24, 2.45) is 0 Å². The zero-order valence-electron chi connectivity index (χ0n) is 19.1. The average Bonchev–Trinajstić information content (AvgIpc) is 3.40. The molecule has 3 aromatic rings. The number of hydrogen-bond donors (Lipinski definition) is 0. The summed E-state index contributed by atoms with van der Waals surface area (Å²) in [6.07, 6.45) is 3.56. The highest BCUT2D eigenvalue weighted by Crippen LogP contribution is 2.33. The van der Waals surface area contributed by atoms with Crippen molar-refractivity contribution in [3.63, 3.8) is 0 Å². The maximum absolute atomic E-state index is 13.6. The first kappa shape index (κ1) is 23.2. The number of nitrogens with zero attached hydrogens (tertiary/aromatic N) is 3. The summed E-state index contributed by atoms with van der Waals surface area (Å²) in [7, 11) is -0.353. The number of aromatic nitrogens is 1. The van der Waals surface area contributed by atoms with Crippen molar-refractivity contribution in [1.29, 1.82) is 0 Å². The monoisotopic (exact) mass is 501 g/mol. The van der Waals surface area contributed by atoms with Gasteiger partial charge in [-0.15, -0.1) is 0 Å². The molecule has 2 aliphatic rings. The number of amides is 1. The Balaban J connectivity index is 1.44. The Hall–Kier alpha value is -2.53. The molecule has 2 heterocycles. The lowest BCUT2D eigenvalue weighted by molar-refractivity contribution is 0.0917.